The summed E-state index contributed by atoms with van der Waals surface area (Å²) in [4.78, 5) is 12.5. The Labute approximate surface area is 186 Å². The minimum absolute atomic E-state index is 0.133. The lowest BCUT2D eigenvalue weighted by Crippen LogP contribution is -2.25. The molecule has 0 fully saturated rings. The third kappa shape index (κ3) is 5.75. The highest BCUT2D eigenvalue weighted by atomic mass is 35.5. The van der Waals surface area contributed by atoms with Crippen LogP contribution in [0.15, 0.2) is 71.6 Å². The van der Waals surface area contributed by atoms with E-state index in [-0.39, 0.29) is 21.5 Å². The number of benzene rings is 3. The summed E-state index contributed by atoms with van der Waals surface area (Å²) in [6.07, 6.45) is 0.658. The number of anilines is 1. The Morgan fingerprint density at radius 2 is 1.60 bits per heavy atom. The molecule has 3 aromatic rings. The Morgan fingerprint density at radius 1 is 0.933 bits per heavy atom. The van der Waals surface area contributed by atoms with Crippen LogP contribution < -0.4 is 10.0 Å². The topological polar surface area (TPSA) is 75.3 Å². The third-order valence-electron chi connectivity index (χ3n) is 4.42. The molecule has 3 aromatic carbocycles. The highest BCUT2D eigenvalue weighted by Gasteiger charge is 2.16. The van der Waals surface area contributed by atoms with Crippen molar-refractivity contribution in [1.82, 2.24) is 5.32 Å². The van der Waals surface area contributed by atoms with Gasteiger partial charge >= 0.3 is 0 Å². The van der Waals surface area contributed by atoms with Crippen LogP contribution in [0, 0.1) is 6.92 Å². The molecule has 8 heteroatoms. The summed E-state index contributed by atoms with van der Waals surface area (Å²) >= 11 is 12.1. The molecule has 0 spiro atoms. The zero-order valence-corrected chi connectivity index (χ0v) is 18.5. The van der Waals surface area contributed by atoms with Crippen molar-refractivity contribution >= 4 is 44.8 Å². The maximum Gasteiger partial charge on any atom is 0.261 e. The summed E-state index contributed by atoms with van der Waals surface area (Å²) in [5, 5.41) is 3.62. The minimum atomic E-state index is -3.78. The van der Waals surface area contributed by atoms with Gasteiger partial charge in [-0.2, -0.15) is 0 Å². The molecule has 2 N–H and O–H groups in total. The summed E-state index contributed by atoms with van der Waals surface area (Å²) < 4.78 is 27.5. The average molecular weight is 463 g/mol. The first kappa shape index (κ1) is 22.2. The maximum absolute atomic E-state index is 12.5. The molecule has 0 atom stereocenters. The van der Waals surface area contributed by atoms with E-state index in [4.69, 9.17) is 23.2 Å². The van der Waals surface area contributed by atoms with Crippen molar-refractivity contribution in [3.8, 4) is 0 Å². The van der Waals surface area contributed by atoms with Crippen molar-refractivity contribution in [1.29, 1.82) is 0 Å². The molecular weight excluding hydrogens is 443 g/mol. The molecule has 0 unspecified atom stereocenters. The predicted octanol–water partition coefficient (Wildman–Crippen LogP) is 5.08. The molecule has 1 amide bonds. The second kappa shape index (κ2) is 9.51. The molecule has 0 aliphatic rings. The molecule has 0 heterocycles. The second-order valence-corrected chi connectivity index (χ2v) is 9.27. The van der Waals surface area contributed by atoms with Crippen molar-refractivity contribution in [2.24, 2.45) is 0 Å². The van der Waals surface area contributed by atoms with Gasteiger partial charge in [-0.25, -0.2) is 8.42 Å². The smallest absolute Gasteiger partial charge is 0.261 e. The van der Waals surface area contributed by atoms with Crippen molar-refractivity contribution in [2.75, 3.05) is 11.3 Å². The van der Waals surface area contributed by atoms with Crippen LogP contribution >= 0.6 is 23.2 Å². The lowest BCUT2D eigenvalue weighted by molar-refractivity contribution is 0.0954. The van der Waals surface area contributed by atoms with Crippen LogP contribution in [0.2, 0.25) is 10.0 Å². The van der Waals surface area contributed by atoms with Crippen LogP contribution in [-0.2, 0) is 16.4 Å². The van der Waals surface area contributed by atoms with E-state index < -0.39 is 10.0 Å². The van der Waals surface area contributed by atoms with Gasteiger partial charge in [0, 0.05) is 17.1 Å². The molecule has 5 nitrogen and oxygen atoms in total. The standard InChI is InChI=1S/C22H20Cl2N2O3S/c1-15-2-9-19(10-3-15)30(28,29)26-21-11-6-17(14-20(21)24)22(27)25-13-12-16-4-7-18(23)8-5-16/h2-11,14,26H,12-13H2,1H3,(H,25,27). The Morgan fingerprint density at radius 3 is 2.23 bits per heavy atom. The molecule has 156 valence electrons. The van der Waals surface area contributed by atoms with Gasteiger partial charge in [0.1, 0.15) is 0 Å². The predicted molar refractivity (Wildman–Crippen MR) is 121 cm³/mol. The zero-order chi connectivity index (χ0) is 21.7. The number of aryl methyl sites for hydroxylation is 1. The molecule has 0 aliphatic carbocycles. The van der Waals surface area contributed by atoms with Gasteiger partial charge in [-0.15, -0.1) is 0 Å². The summed E-state index contributed by atoms with van der Waals surface area (Å²) in [7, 11) is -3.78. The van der Waals surface area contributed by atoms with E-state index in [1.54, 1.807) is 24.3 Å². The number of hydrogen-bond donors (Lipinski definition) is 2. The molecule has 0 aromatic heterocycles. The van der Waals surface area contributed by atoms with E-state index in [1.165, 1.54) is 30.3 Å². The van der Waals surface area contributed by atoms with Gasteiger partial charge in [0.15, 0.2) is 0 Å². The third-order valence-corrected chi connectivity index (χ3v) is 6.37. The van der Waals surface area contributed by atoms with E-state index >= 15 is 0 Å². The van der Waals surface area contributed by atoms with Crippen LogP contribution in [0.4, 0.5) is 5.69 Å². The summed E-state index contributed by atoms with van der Waals surface area (Å²) in [6.45, 7) is 2.32. The number of sulfonamides is 1. The van der Waals surface area contributed by atoms with Gasteiger partial charge in [-0.3, -0.25) is 9.52 Å². The van der Waals surface area contributed by atoms with E-state index in [2.05, 4.69) is 10.0 Å². The number of carbonyl (C=O) groups excluding carboxylic acids is 1. The number of carbonyl (C=O) groups is 1. The quantitative estimate of drug-likeness (QED) is 0.514. The number of hydrogen-bond acceptors (Lipinski definition) is 3. The molecule has 30 heavy (non-hydrogen) atoms. The monoisotopic (exact) mass is 462 g/mol. The first-order chi connectivity index (χ1) is 14.2. The van der Waals surface area contributed by atoms with E-state index in [0.717, 1.165) is 11.1 Å². The Hall–Kier alpha value is -2.54. The minimum Gasteiger partial charge on any atom is -0.352 e. The van der Waals surface area contributed by atoms with E-state index in [9.17, 15) is 13.2 Å². The van der Waals surface area contributed by atoms with Crippen LogP contribution in [-0.4, -0.2) is 20.9 Å². The molecular formula is C22H20Cl2N2O3S. The molecule has 0 aliphatic heterocycles. The summed E-state index contributed by atoms with van der Waals surface area (Å²) in [5.41, 5.74) is 2.56. The largest absolute Gasteiger partial charge is 0.352 e. The fraction of sp³-hybridized carbons (Fsp3) is 0.136. The fourth-order valence-electron chi connectivity index (χ4n) is 2.73. The Kier molecular flexibility index (Phi) is 7.02. The molecule has 0 saturated heterocycles. The van der Waals surface area contributed by atoms with Gasteiger partial charge in [-0.05, 0) is 61.4 Å². The van der Waals surface area contributed by atoms with Gasteiger partial charge < -0.3 is 5.32 Å². The van der Waals surface area contributed by atoms with E-state index in [1.807, 2.05) is 19.1 Å². The molecule has 0 saturated carbocycles. The number of rotatable bonds is 7. The maximum atomic E-state index is 12.5. The first-order valence-electron chi connectivity index (χ1n) is 9.16. The summed E-state index contributed by atoms with van der Waals surface area (Å²) in [5.74, 6) is -0.293. The lowest BCUT2D eigenvalue weighted by atomic mass is 10.1. The second-order valence-electron chi connectivity index (χ2n) is 6.75. The Balaban J connectivity index is 1.63. The SMILES string of the molecule is Cc1ccc(S(=O)(=O)Nc2ccc(C(=O)NCCc3ccc(Cl)cc3)cc2Cl)cc1. The van der Waals surface area contributed by atoms with Gasteiger partial charge in [0.2, 0.25) is 0 Å². The van der Waals surface area contributed by atoms with Crippen molar-refractivity contribution in [2.45, 2.75) is 18.2 Å². The van der Waals surface area contributed by atoms with Gasteiger partial charge in [-0.1, -0.05) is 53.0 Å². The van der Waals surface area contributed by atoms with Crippen LogP contribution in [0.1, 0.15) is 21.5 Å². The molecule has 0 radical (unpaired) electrons. The Bertz CT molecular complexity index is 1150. The number of amides is 1. The number of nitrogens with one attached hydrogen (secondary N) is 2. The normalized spacial score (nSPS) is 11.2. The van der Waals surface area contributed by atoms with Crippen LogP contribution in [0.5, 0.6) is 0 Å². The number of halogens is 2. The van der Waals surface area contributed by atoms with Crippen molar-refractivity contribution in [3.05, 3.63) is 93.5 Å². The molecule has 0 bridgehead atoms. The first-order valence-corrected chi connectivity index (χ1v) is 11.4. The van der Waals surface area contributed by atoms with Crippen LogP contribution in [0.3, 0.4) is 0 Å². The lowest BCUT2D eigenvalue weighted by Gasteiger charge is -2.11. The van der Waals surface area contributed by atoms with Gasteiger partial charge in [0.05, 0.1) is 15.6 Å². The zero-order valence-electron chi connectivity index (χ0n) is 16.2. The van der Waals surface area contributed by atoms with Crippen molar-refractivity contribution < 1.29 is 13.2 Å². The highest BCUT2D eigenvalue weighted by molar-refractivity contribution is 7.92. The highest BCUT2D eigenvalue weighted by Crippen LogP contribution is 2.26. The van der Waals surface area contributed by atoms with Crippen LogP contribution in [0.25, 0.3) is 0 Å². The van der Waals surface area contributed by atoms with Crippen molar-refractivity contribution in [3.63, 3.8) is 0 Å². The average Bonchev–Trinajstić information content (AvgIpc) is 2.71. The fourth-order valence-corrected chi connectivity index (χ4v) is 4.22. The molecule has 3 rings (SSSR count). The van der Waals surface area contributed by atoms with E-state index in [0.29, 0.717) is 23.6 Å². The van der Waals surface area contributed by atoms with Gasteiger partial charge in [0.25, 0.3) is 15.9 Å². The summed E-state index contributed by atoms with van der Waals surface area (Å²) in [6, 6.07) is 18.3.